The van der Waals surface area contributed by atoms with Crippen molar-refractivity contribution in [1.29, 1.82) is 0 Å². The lowest BCUT2D eigenvalue weighted by molar-refractivity contribution is -0.385. The van der Waals surface area contributed by atoms with Crippen LogP contribution in [-0.2, 0) is 13.1 Å². The molecule has 0 aliphatic carbocycles. The van der Waals surface area contributed by atoms with Crippen LogP contribution in [0.15, 0.2) is 47.5 Å². The Balaban J connectivity index is 0.00000480. The summed E-state index contributed by atoms with van der Waals surface area (Å²) in [6, 6.07) is 11.2. The first kappa shape index (κ1) is 26.3. The minimum absolute atomic E-state index is 0. The molecule has 11 heteroatoms. The molecule has 0 saturated heterocycles. The first-order valence-corrected chi connectivity index (χ1v) is 9.40. The van der Waals surface area contributed by atoms with Gasteiger partial charge in [-0.2, -0.15) is 8.78 Å². The first-order valence-electron chi connectivity index (χ1n) is 9.40. The van der Waals surface area contributed by atoms with Gasteiger partial charge >= 0.3 is 6.61 Å². The summed E-state index contributed by atoms with van der Waals surface area (Å²) in [6.07, 6.45) is 0. The highest BCUT2D eigenvalue weighted by Gasteiger charge is 2.16. The van der Waals surface area contributed by atoms with Gasteiger partial charge in [0.25, 0.3) is 5.69 Å². The molecule has 0 atom stereocenters. The molecule has 170 valence electrons. The van der Waals surface area contributed by atoms with Gasteiger partial charge in [-0.25, -0.2) is 4.99 Å². The summed E-state index contributed by atoms with van der Waals surface area (Å²) in [5.74, 6) is 0.525. The highest BCUT2D eigenvalue weighted by molar-refractivity contribution is 14.0. The molecule has 0 aromatic heterocycles. The third kappa shape index (κ3) is 8.15. The number of hydrogen-bond acceptors (Lipinski definition) is 5. The zero-order chi connectivity index (χ0) is 21.9. The molecule has 2 aromatic rings. The molecule has 8 nitrogen and oxygen atoms in total. The van der Waals surface area contributed by atoms with Gasteiger partial charge in [0, 0.05) is 30.3 Å². The van der Waals surface area contributed by atoms with Crippen LogP contribution >= 0.6 is 24.0 Å². The lowest BCUT2D eigenvalue weighted by Gasteiger charge is -2.15. The van der Waals surface area contributed by atoms with Crippen molar-refractivity contribution in [2.24, 2.45) is 4.99 Å². The van der Waals surface area contributed by atoms with Gasteiger partial charge < -0.3 is 20.1 Å². The number of aliphatic imine (C=N–C) groups is 1. The summed E-state index contributed by atoms with van der Waals surface area (Å²) in [4.78, 5) is 15.1. The molecule has 0 amide bonds. The Morgan fingerprint density at radius 2 is 1.84 bits per heavy atom. The fraction of sp³-hybridized carbons (Fsp3) is 0.350. The molecule has 0 bridgehead atoms. The topological polar surface area (TPSA) is 98.0 Å². The van der Waals surface area contributed by atoms with Crippen molar-refractivity contribution < 1.29 is 23.2 Å². The van der Waals surface area contributed by atoms with Gasteiger partial charge in [-0.05, 0) is 19.9 Å². The van der Waals surface area contributed by atoms with Crippen molar-refractivity contribution in [3.63, 3.8) is 0 Å². The normalized spacial score (nSPS) is 10.9. The molecular weight excluding hydrogens is 525 g/mol. The minimum atomic E-state index is -3.00. The van der Waals surface area contributed by atoms with Crippen LogP contribution < -0.4 is 20.1 Å². The molecule has 0 radical (unpaired) electrons. The van der Waals surface area contributed by atoms with E-state index >= 15 is 0 Å². The van der Waals surface area contributed by atoms with Crippen molar-refractivity contribution in [3.05, 3.63) is 63.7 Å². The van der Waals surface area contributed by atoms with Crippen molar-refractivity contribution in [2.45, 2.75) is 33.5 Å². The first-order chi connectivity index (χ1) is 14.5. The van der Waals surface area contributed by atoms with E-state index in [1.165, 1.54) is 6.07 Å². The Kier molecular flexibility index (Phi) is 11.5. The van der Waals surface area contributed by atoms with Crippen molar-refractivity contribution in [1.82, 2.24) is 10.6 Å². The van der Waals surface area contributed by atoms with Crippen LogP contribution in [0.4, 0.5) is 14.5 Å². The number of para-hydroxylation sites is 2. The highest BCUT2D eigenvalue weighted by Crippen LogP contribution is 2.33. The Morgan fingerprint density at radius 3 is 2.48 bits per heavy atom. The van der Waals surface area contributed by atoms with Crippen LogP contribution in [0.3, 0.4) is 0 Å². The summed E-state index contributed by atoms with van der Waals surface area (Å²) in [6.45, 7) is 1.65. The van der Waals surface area contributed by atoms with Crippen molar-refractivity contribution in [2.75, 3.05) is 13.2 Å². The maximum Gasteiger partial charge on any atom is 0.387 e. The number of rotatable bonds is 10. The van der Waals surface area contributed by atoms with E-state index in [4.69, 9.17) is 4.74 Å². The van der Waals surface area contributed by atoms with E-state index in [0.29, 0.717) is 30.2 Å². The number of nitro benzene ring substituents is 1. The Labute approximate surface area is 196 Å². The Bertz CT molecular complexity index is 884. The molecule has 31 heavy (non-hydrogen) atoms. The third-order valence-corrected chi connectivity index (χ3v) is 3.95. The Hall–Kier alpha value is -2.70. The van der Waals surface area contributed by atoms with Crippen LogP contribution in [-0.4, -0.2) is 30.6 Å². The largest absolute Gasteiger partial charge is 0.490 e. The monoisotopic (exact) mass is 550 g/mol. The van der Waals surface area contributed by atoms with Gasteiger partial charge in [0.2, 0.25) is 0 Å². The second kappa shape index (κ2) is 13.6. The predicted molar refractivity (Wildman–Crippen MR) is 124 cm³/mol. The smallest absolute Gasteiger partial charge is 0.387 e. The predicted octanol–water partition coefficient (Wildman–Crippen LogP) is 4.47. The van der Waals surface area contributed by atoms with E-state index in [9.17, 15) is 18.9 Å². The van der Waals surface area contributed by atoms with Gasteiger partial charge in [0.1, 0.15) is 0 Å². The second-order valence-corrected chi connectivity index (χ2v) is 5.99. The molecule has 0 aliphatic rings. The average Bonchev–Trinajstić information content (AvgIpc) is 2.72. The standard InChI is InChI=1S/C20H24F2N4O4.HI/c1-3-23-20(24-12-14-8-5-6-10-16(14)26(27)28)25-13-15-9-7-11-17(29-4-2)18(15)30-19(21)22;/h5-11,19H,3-4,12-13H2,1-2H3,(H2,23,24,25);1H. The fourth-order valence-corrected chi connectivity index (χ4v) is 2.70. The molecule has 0 spiro atoms. The number of nitrogens with zero attached hydrogens (tertiary/aromatic N) is 2. The zero-order valence-corrected chi connectivity index (χ0v) is 19.5. The minimum Gasteiger partial charge on any atom is -0.490 e. The zero-order valence-electron chi connectivity index (χ0n) is 17.1. The lowest BCUT2D eigenvalue weighted by atomic mass is 10.2. The number of benzene rings is 2. The molecule has 2 aromatic carbocycles. The van der Waals surface area contributed by atoms with Crippen LogP contribution in [0.2, 0.25) is 0 Å². The quantitative estimate of drug-likeness (QED) is 0.149. The molecule has 0 heterocycles. The fourth-order valence-electron chi connectivity index (χ4n) is 2.70. The lowest BCUT2D eigenvalue weighted by Crippen LogP contribution is -2.36. The van der Waals surface area contributed by atoms with Gasteiger partial charge in [-0.15, -0.1) is 24.0 Å². The van der Waals surface area contributed by atoms with E-state index < -0.39 is 11.5 Å². The van der Waals surface area contributed by atoms with Gasteiger partial charge in [-0.3, -0.25) is 10.1 Å². The van der Waals surface area contributed by atoms with Gasteiger partial charge in [0.15, 0.2) is 17.5 Å². The summed E-state index contributed by atoms with van der Waals surface area (Å²) in [7, 11) is 0. The van der Waals surface area contributed by atoms with Gasteiger partial charge in [0.05, 0.1) is 18.1 Å². The van der Waals surface area contributed by atoms with E-state index in [0.717, 1.165) is 0 Å². The third-order valence-electron chi connectivity index (χ3n) is 3.95. The van der Waals surface area contributed by atoms with E-state index in [1.807, 2.05) is 6.92 Å². The molecule has 0 saturated carbocycles. The van der Waals surface area contributed by atoms with E-state index in [2.05, 4.69) is 20.4 Å². The molecule has 0 fully saturated rings. The number of halogens is 3. The summed E-state index contributed by atoms with van der Waals surface area (Å²) in [5.41, 5.74) is 0.912. The van der Waals surface area contributed by atoms with Crippen LogP contribution in [0, 0.1) is 10.1 Å². The number of hydrogen-bond donors (Lipinski definition) is 2. The second-order valence-electron chi connectivity index (χ2n) is 5.99. The van der Waals surface area contributed by atoms with Crippen LogP contribution in [0.1, 0.15) is 25.0 Å². The number of alkyl halides is 2. The van der Waals surface area contributed by atoms with Crippen molar-refractivity contribution >= 4 is 35.6 Å². The van der Waals surface area contributed by atoms with Crippen LogP contribution in [0.25, 0.3) is 0 Å². The van der Waals surface area contributed by atoms with Crippen LogP contribution in [0.5, 0.6) is 11.5 Å². The molecule has 0 aliphatic heterocycles. The maximum atomic E-state index is 12.9. The van der Waals surface area contributed by atoms with Gasteiger partial charge in [-0.1, -0.05) is 30.3 Å². The highest BCUT2D eigenvalue weighted by atomic mass is 127. The number of ether oxygens (including phenoxy) is 2. The van der Waals surface area contributed by atoms with E-state index in [-0.39, 0.29) is 54.3 Å². The number of nitrogens with one attached hydrogen (secondary N) is 2. The SMILES string of the molecule is CCNC(=NCc1cccc(OCC)c1OC(F)F)NCc1ccccc1[N+](=O)[O-].I. The maximum absolute atomic E-state index is 12.9. The molecule has 2 N–H and O–H groups in total. The number of guanidine groups is 1. The number of nitro groups is 1. The molecule has 2 rings (SSSR count). The summed E-state index contributed by atoms with van der Waals surface area (Å²) < 4.78 is 35.7. The van der Waals surface area contributed by atoms with Crippen molar-refractivity contribution in [3.8, 4) is 11.5 Å². The molecular formula is C20H25F2IN4O4. The Morgan fingerprint density at radius 1 is 1.13 bits per heavy atom. The summed E-state index contributed by atoms with van der Waals surface area (Å²) in [5, 5.41) is 17.2. The average molecular weight is 550 g/mol. The van der Waals surface area contributed by atoms with E-state index in [1.54, 1.807) is 43.3 Å². The summed E-state index contributed by atoms with van der Waals surface area (Å²) >= 11 is 0. The molecule has 0 unspecified atom stereocenters.